The van der Waals surface area contributed by atoms with Crippen molar-refractivity contribution in [3.63, 3.8) is 0 Å². The number of amides is 1. The summed E-state index contributed by atoms with van der Waals surface area (Å²) in [4.78, 5) is 24.6. The van der Waals surface area contributed by atoms with E-state index in [4.69, 9.17) is 26.2 Å². The summed E-state index contributed by atoms with van der Waals surface area (Å²) in [6.07, 6.45) is 4.14. The fourth-order valence-electron chi connectivity index (χ4n) is 2.63. The van der Waals surface area contributed by atoms with Crippen molar-refractivity contribution >= 4 is 29.6 Å². The molecule has 22 heavy (non-hydrogen) atoms. The van der Waals surface area contributed by atoms with Crippen LogP contribution in [0.3, 0.4) is 0 Å². The molecule has 6 nitrogen and oxygen atoms in total. The van der Waals surface area contributed by atoms with Crippen LogP contribution in [0, 0.1) is 0 Å². The number of ether oxygens (including phenoxy) is 2. The van der Waals surface area contributed by atoms with Crippen molar-refractivity contribution in [2.75, 3.05) is 13.3 Å². The first-order chi connectivity index (χ1) is 10.6. The molecule has 1 N–H and O–H groups in total. The number of halogens is 1. The molecule has 0 radical (unpaired) electrons. The Kier molecular flexibility index (Phi) is 3.94. The average molecular weight is 324 g/mol. The molecule has 1 amide bonds. The van der Waals surface area contributed by atoms with Crippen molar-refractivity contribution in [1.29, 1.82) is 0 Å². The van der Waals surface area contributed by atoms with Gasteiger partial charge in [0.25, 0.3) is 0 Å². The van der Waals surface area contributed by atoms with Crippen molar-refractivity contribution in [2.24, 2.45) is 0 Å². The quantitative estimate of drug-likeness (QED) is 0.863. The maximum absolute atomic E-state index is 12.1. The minimum absolute atomic E-state index is 0.120. The van der Waals surface area contributed by atoms with E-state index < -0.39 is 12.0 Å². The third-order valence-electron chi connectivity index (χ3n) is 3.69. The van der Waals surface area contributed by atoms with Gasteiger partial charge in [-0.25, -0.2) is 4.79 Å². The van der Waals surface area contributed by atoms with Gasteiger partial charge in [-0.1, -0.05) is 11.6 Å². The lowest BCUT2D eigenvalue weighted by atomic mass is 10.1. The summed E-state index contributed by atoms with van der Waals surface area (Å²) in [6, 6.07) is 2.64. The van der Waals surface area contributed by atoms with Crippen LogP contribution in [0.5, 0.6) is 11.5 Å². The minimum Gasteiger partial charge on any atom is -0.480 e. The Morgan fingerprint density at radius 3 is 2.95 bits per heavy atom. The fraction of sp³-hybridized carbons (Fsp3) is 0.333. The van der Waals surface area contributed by atoms with E-state index in [0.717, 1.165) is 0 Å². The number of aliphatic carboxylic acids is 1. The van der Waals surface area contributed by atoms with Gasteiger partial charge in [-0.15, -0.1) is 0 Å². The monoisotopic (exact) mass is 323 g/mol. The zero-order valence-corrected chi connectivity index (χ0v) is 12.4. The lowest BCUT2D eigenvalue weighted by Crippen LogP contribution is -2.39. The second-order valence-corrected chi connectivity index (χ2v) is 5.50. The maximum atomic E-state index is 12.1. The highest BCUT2D eigenvalue weighted by Crippen LogP contribution is 2.40. The number of fused-ring (bicyclic) bond motifs is 1. The Hall–Kier alpha value is -2.21. The van der Waals surface area contributed by atoms with E-state index in [0.29, 0.717) is 41.5 Å². The van der Waals surface area contributed by atoms with E-state index in [9.17, 15) is 9.59 Å². The standard InChI is InChI=1S/C15H14ClNO5/c16-10-6-9(7-12-14(10)22-8-21-12)3-4-13(18)17-5-1-2-11(17)15(19)20/h3-4,6-7,11H,1-2,5,8H2,(H,19,20)/b4-3+. The molecule has 1 atom stereocenters. The van der Waals surface area contributed by atoms with Gasteiger partial charge in [0, 0.05) is 12.6 Å². The molecule has 3 rings (SSSR count). The van der Waals surface area contributed by atoms with Crippen LogP contribution in [0.25, 0.3) is 6.08 Å². The summed E-state index contributed by atoms with van der Waals surface area (Å²) < 4.78 is 10.5. The lowest BCUT2D eigenvalue weighted by Gasteiger charge is -2.19. The first-order valence-corrected chi connectivity index (χ1v) is 7.24. The number of carbonyl (C=O) groups excluding carboxylic acids is 1. The summed E-state index contributed by atoms with van der Waals surface area (Å²) >= 11 is 6.07. The van der Waals surface area contributed by atoms with E-state index in [-0.39, 0.29) is 12.7 Å². The Bertz CT molecular complexity index is 658. The molecule has 1 saturated heterocycles. The molecule has 7 heteroatoms. The number of benzene rings is 1. The molecule has 0 spiro atoms. The fourth-order valence-corrected chi connectivity index (χ4v) is 2.91. The second kappa shape index (κ2) is 5.88. The molecular formula is C15H14ClNO5. The number of carbonyl (C=O) groups is 2. The van der Waals surface area contributed by atoms with Gasteiger partial charge >= 0.3 is 5.97 Å². The van der Waals surface area contributed by atoms with Crippen LogP contribution in [0.4, 0.5) is 0 Å². The molecule has 2 aliphatic heterocycles. The molecule has 1 unspecified atom stereocenters. The molecule has 2 aliphatic rings. The molecule has 116 valence electrons. The highest BCUT2D eigenvalue weighted by molar-refractivity contribution is 6.32. The van der Waals surface area contributed by atoms with Gasteiger partial charge in [0.2, 0.25) is 12.7 Å². The van der Waals surface area contributed by atoms with Gasteiger partial charge in [0.15, 0.2) is 11.5 Å². The van der Waals surface area contributed by atoms with Gasteiger partial charge in [0.1, 0.15) is 6.04 Å². The third kappa shape index (κ3) is 2.74. The van der Waals surface area contributed by atoms with Gasteiger partial charge < -0.3 is 19.5 Å². The number of hydrogen-bond acceptors (Lipinski definition) is 4. The number of carboxylic acids is 1. The van der Waals surface area contributed by atoms with Gasteiger partial charge in [-0.05, 0) is 36.6 Å². The van der Waals surface area contributed by atoms with E-state index in [1.165, 1.54) is 11.0 Å². The molecule has 1 aromatic rings. The predicted octanol–water partition coefficient (Wildman–Crippen LogP) is 2.16. The summed E-state index contributed by atoms with van der Waals surface area (Å²) in [7, 11) is 0. The average Bonchev–Trinajstić information content (AvgIpc) is 3.13. The van der Waals surface area contributed by atoms with Crippen molar-refractivity contribution in [2.45, 2.75) is 18.9 Å². The normalized spacial score (nSPS) is 19.9. The zero-order chi connectivity index (χ0) is 15.7. The number of hydrogen-bond donors (Lipinski definition) is 1. The third-order valence-corrected chi connectivity index (χ3v) is 3.97. The van der Waals surface area contributed by atoms with Crippen molar-refractivity contribution in [3.05, 3.63) is 28.8 Å². The van der Waals surface area contributed by atoms with Crippen LogP contribution in [0.2, 0.25) is 5.02 Å². The van der Waals surface area contributed by atoms with Crippen LogP contribution >= 0.6 is 11.6 Å². The Labute approximate surface area is 131 Å². The molecular weight excluding hydrogens is 310 g/mol. The van der Waals surface area contributed by atoms with Crippen LogP contribution in [-0.2, 0) is 9.59 Å². The maximum Gasteiger partial charge on any atom is 0.326 e. The Morgan fingerprint density at radius 2 is 2.18 bits per heavy atom. The first kappa shape index (κ1) is 14.7. The smallest absolute Gasteiger partial charge is 0.326 e. The molecule has 2 heterocycles. The predicted molar refractivity (Wildman–Crippen MR) is 79.0 cm³/mol. The zero-order valence-electron chi connectivity index (χ0n) is 11.6. The number of nitrogens with zero attached hydrogens (tertiary/aromatic N) is 1. The lowest BCUT2D eigenvalue weighted by molar-refractivity contribution is -0.146. The first-order valence-electron chi connectivity index (χ1n) is 6.87. The van der Waals surface area contributed by atoms with Crippen molar-refractivity contribution in [1.82, 2.24) is 4.90 Å². The van der Waals surface area contributed by atoms with E-state index in [2.05, 4.69) is 0 Å². The van der Waals surface area contributed by atoms with E-state index >= 15 is 0 Å². The topological polar surface area (TPSA) is 76.1 Å². The van der Waals surface area contributed by atoms with Crippen LogP contribution < -0.4 is 9.47 Å². The van der Waals surface area contributed by atoms with Crippen LogP contribution in [0.1, 0.15) is 18.4 Å². The highest BCUT2D eigenvalue weighted by atomic mass is 35.5. The summed E-state index contributed by atoms with van der Waals surface area (Å²) in [5, 5.41) is 9.50. The Balaban J connectivity index is 1.75. The molecule has 1 aromatic carbocycles. The number of carboxylic acid groups (broad SMARTS) is 1. The van der Waals surface area contributed by atoms with Gasteiger partial charge in [-0.2, -0.15) is 0 Å². The summed E-state index contributed by atoms with van der Waals surface area (Å²) in [5.41, 5.74) is 0.689. The number of rotatable bonds is 3. The Morgan fingerprint density at radius 1 is 1.36 bits per heavy atom. The molecule has 0 aliphatic carbocycles. The summed E-state index contributed by atoms with van der Waals surface area (Å²) in [5.74, 6) is -0.260. The van der Waals surface area contributed by atoms with E-state index in [1.807, 2.05) is 0 Å². The van der Waals surface area contributed by atoms with Crippen LogP contribution in [-0.4, -0.2) is 41.3 Å². The summed E-state index contributed by atoms with van der Waals surface area (Å²) in [6.45, 7) is 0.581. The van der Waals surface area contributed by atoms with Gasteiger partial charge in [0.05, 0.1) is 5.02 Å². The molecule has 1 fully saturated rings. The molecule has 0 bridgehead atoms. The number of likely N-dealkylation sites (tertiary alicyclic amines) is 1. The SMILES string of the molecule is O=C(O)C1CCCN1C(=O)/C=C/c1cc(Cl)c2c(c1)OCO2. The van der Waals surface area contributed by atoms with Gasteiger partial charge in [-0.3, -0.25) is 4.79 Å². The van der Waals surface area contributed by atoms with E-state index in [1.54, 1.807) is 18.2 Å². The van der Waals surface area contributed by atoms with Crippen LogP contribution in [0.15, 0.2) is 18.2 Å². The second-order valence-electron chi connectivity index (χ2n) is 5.10. The van der Waals surface area contributed by atoms with Crippen molar-refractivity contribution in [3.8, 4) is 11.5 Å². The largest absolute Gasteiger partial charge is 0.480 e. The minimum atomic E-state index is -0.967. The molecule has 0 aromatic heterocycles. The molecule has 0 saturated carbocycles. The highest BCUT2D eigenvalue weighted by Gasteiger charge is 2.32. The van der Waals surface area contributed by atoms with Crippen molar-refractivity contribution < 1.29 is 24.2 Å².